The zero-order valence-corrected chi connectivity index (χ0v) is 17.2. The molecular weight excluding hydrogens is 414 g/mol. The van der Waals surface area contributed by atoms with Gasteiger partial charge in [0.1, 0.15) is 30.5 Å². The highest BCUT2D eigenvalue weighted by atomic mass is 35.5. The number of fused-ring (bicyclic) bond motifs is 1. The zero-order chi connectivity index (χ0) is 20.5. The van der Waals surface area contributed by atoms with Crippen molar-refractivity contribution in [1.29, 1.82) is 0 Å². The maximum absolute atomic E-state index is 10.4. The lowest BCUT2D eigenvalue weighted by Gasteiger charge is -2.40. The number of hydrogen-bond acceptors (Lipinski definition) is 7. The summed E-state index contributed by atoms with van der Waals surface area (Å²) in [6, 6.07) is 11.6. The molecular formula is C21H24ClNO5S. The van der Waals surface area contributed by atoms with Gasteiger partial charge in [0.15, 0.2) is 0 Å². The highest BCUT2D eigenvalue weighted by Gasteiger charge is 2.44. The van der Waals surface area contributed by atoms with Gasteiger partial charge in [0.2, 0.25) is 0 Å². The van der Waals surface area contributed by atoms with Gasteiger partial charge in [-0.15, -0.1) is 11.8 Å². The molecule has 2 aromatic rings. The van der Waals surface area contributed by atoms with Crippen molar-refractivity contribution in [2.45, 2.75) is 41.8 Å². The SMILES string of the molecule is OC[C@H]1O[C@@H](c2ccc(Cl)c(Cc3ccc4c(c3)NCCS4)c2)[C@H](O)[C@@H](O)[C@@H]1O. The Morgan fingerprint density at radius 2 is 1.90 bits per heavy atom. The van der Waals surface area contributed by atoms with Crippen LogP contribution in [-0.2, 0) is 11.2 Å². The number of ether oxygens (including phenoxy) is 1. The normalized spacial score (nSPS) is 29.2. The standard InChI is InChI=1S/C21H24ClNO5S/c22-14-3-2-12(21-20(27)19(26)18(25)16(10-24)28-21)9-13(14)7-11-1-4-17-15(8-11)23-5-6-29-17/h1-4,8-9,16,18-21,23-27H,5-7,10H2/t16-,18-,19+,20-,21+/m1/s1. The van der Waals surface area contributed by atoms with E-state index in [9.17, 15) is 20.4 Å². The van der Waals surface area contributed by atoms with E-state index < -0.39 is 37.1 Å². The minimum absolute atomic E-state index is 0.456. The van der Waals surface area contributed by atoms with E-state index in [0.29, 0.717) is 17.0 Å². The number of hydrogen-bond donors (Lipinski definition) is 5. The van der Waals surface area contributed by atoms with Crippen molar-refractivity contribution in [2.75, 3.05) is 24.2 Å². The van der Waals surface area contributed by atoms with Gasteiger partial charge in [-0.25, -0.2) is 0 Å². The van der Waals surface area contributed by atoms with E-state index in [1.54, 1.807) is 12.1 Å². The molecule has 2 aliphatic heterocycles. The highest BCUT2D eigenvalue weighted by molar-refractivity contribution is 7.99. The molecule has 0 aromatic heterocycles. The molecule has 0 radical (unpaired) electrons. The van der Waals surface area contributed by atoms with E-state index in [-0.39, 0.29) is 0 Å². The van der Waals surface area contributed by atoms with Gasteiger partial charge in [0, 0.05) is 27.9 Å². The zero-order valence-electron chi connectivity index (χ0n) is 15.7. The number of thioether (sulfide) groups is 1. The van der Waals surface area contributed by atoms with Gasteiger partial charge in [0.25, 0.3) is 0 Å². The predicted octanol–water partition coefficient (Wildman–Crippen LogP) is 1.96. The molecule has 0 amide bonds. The molecule has 5 N–H and O–H groups in total. The first-order valence-electron chi connectivity index (χ1n) is 9.56. The van der Waals surface area contributed by atoms with Crippen LogP contribution in [0.4, 0.5) is 5.69 Å². The number of anilines is 1. The van der Waals surface area contributed by atoms with E-state index >= 15 is 0 Å². The van der Waals surface area contributed by atoms with E-state index in [0.717, 1.165) is 29.1 Å². The van der Waals surface area contributed by atoms with Gasteiger partial charge in [-0.3, -0.25) is 0 Å². The maximum Gasteiger partial charge on any atom is 0.113 e. The van der Waals surface area contributed by atoms with Crippen molar-refractivity contribution < 1.29 is 25.2 Å². The Kier molecular flexibility index (Phi) is 6.36. The van der Waals surface area contributed by atoms with Crippen LogP contribution < -0.4 is 5.32 Å². The molecule has 0 bridgehead atoms. The summed E-state index contributed by atoms with van der Waals surface area (Å²) >= 11 is 8.25. The fourth-order valence-corrected chi connectivity index (χ4v) is 4.86. The Hall–Kier alpha value is -1.32. The van der Waals surface area contributed by atoms with E-state index in [1.807, 2.05) is 17.8 Å². The third kappa shape index (κ3) is 4.27. The first kappa shape index (κ1) is 20.9. The molecule has 4 rings (SSSR count). The van der Waals surface area contributed by atoms with Gasteiger partial charge < -0.3 is 30.5 Å². The third-order valence-corrected chi connectivity index (χ3v) is 6.85. The van der Waals surface area contributed by atoms with Gasteiger partial charge in [-0.05, 0) is 41.3 Å². The Balaban J connectivity index is 1.59. The fraction of sp³-hybridized carbons (Fsp3) is 0.429. The monoisotopic (exact) mass is 437 g/mol. The van der Waals surface area contributed by atoms with Crippen LogP contribution in [0.25, 0.3) is 0 Å². The summed E-state index contributed by atoms with van der Waals surface area (Å²) in [7, 11) is 0. The van der Waals surface area contributed by atoms with Crippen LogP contribution >= 0.6 is 23.4 Å². The van der Waals surface area contributed by atoms with Crippen molar-refractivity contribution in [3.63, 3.8) is 0 Å². The summed E-state index contributed by atoms with van der Waals surface area (Å²) in [5, 5.41) is 43.9. The van der Waals surface area contributed by atoms with Crippen LogP contribution in [-0.4, -0.2) is 63.7 Å². The van der Waals surface area contributed by atoms with Crippen LogP contribution in [0, 0.1) is 0 Å². The Bertz CT molecular complexity index is 880. The molecule has 1 saturated heterocycles. The van der Waals surface area contributed by atoms with Crippen LogP contribution in [0.5, 0.6) is 0 Å². The second kappa shape index (κ2) is 8.81. The molecule has 0 spiro atoms. The lowest BCUT2D eigenvalue weighted by Crippen LogP contribution is -2.55. The topological polar surface area (TPSA) is 102 Å². The van der Waals surface area contributed by atoms with E-state index in [4.69, 9.17) is 16.3 Å². The van der Waals surface area contributed by atoms with Gasteiger partial charge in [0.05, 0.1) is 6.61 Å². The highest BCUT2D eigenvalue weighted by Crippen LogP contribution is 2.35. The Morgan fingerprint density at radius 1 is 1.07 bits per heavy atom. The lowest BCUT2D eigenvalue weighted by atomic mass is 9.90. The third-order valence-electron chi connectivity index (χ3n) is 5.40. The minimum atomic E-state index is -1.41. The number of rotatable bonds is 4. The van der Waals surface area contributed by atoms with Crippen molar-refractivity contribution >= 4 is 29.1 Å². The number of halogens is 1. The molecule has 2 aromatic carbocycles. The van der Waals surface area contributed by atoms with Crippen molar-refractivity contribution in [2.24, 2.45) is 0 Å². The smallest absolute Gasteiger partial charge is 0.113 e. The van der Waals surface area contributed by atoms with Gasteiger partial charge in [-0.2, -0.15) is 0 Å². The van der Waals surface area contributed by atoms with Gasteiger partial charge >= 0.3 is 0 Å². The lowest BCUT2D eigenvalue weighted by molar-refractivity contribution is -0.231. The first-order chi connectivity index (χ1) is 14.0. The van der Waals surface area contributed by atoms with Crippen LogP contribution in [0.3, 0.4) is 0 Å². The van der Waals surface area contributed by atoms with E-state index in [2.05, 4.69) is 23.5 Å². The molecule has 5 atom stereocenters. The molecule has 0 unspecified atom stereocenters. The summed E-state index contributed by atoms with van der Waals surface area (Å²) in [6.45, 7) is 0.483. The summed E-state index contributed by atoms with van der Waals surface area (Å²) in [6.07, 6.45) is -5.31. The molecule has 2 aliphatic rings. The summed E-state index contributed by atoms with van der Waals surface area (Å²) in [4.78, 5) is 1.24. The second-order valence-electron chi connectivity index (χ2n) is 7.38. The summed E-state index contributed by atoms with van der Waals surface area (Å²) in [5.74, 6) is 1.05. The quantitative estimate of drug-likeness (QED) is 0.498. The average molecular weight is 438 g/mol. The van der Waals surface area contributed by atoms with Crippen molar-refractivity contribution in [3.8, 4) is 0 Å². The molecule has 0 saturated carbocycles. The van der Waals surface area contributed by atoms with Crippen LogP contribution in [0.2, 0.25) is 5.02 Å². The van der Waals surface area contributed by atoms with Crippen LogP contribution in [0.15, 0.2) is 41.3 Å². The Labute approximate surface area is 178 Å². The average Bonchev–Trinajstić information content (AvgIpc) is 2.74. The predicted molar refractivity (Wildman–Crippen MR) is 113 cm³/mol. The summed E-state index contributed by atoms with van der Waals surface area (Å²) in [5.41, 5.74) is 3.73. The van der Waals surface area contributed by atoms with Crippen molar-refractivity contribution in [1.82, 2.24) is 0 Å². The largest absolute Gasteiger partial charge is 0.394 e. The molecule has 1 fully saturated rings. The first-order valence-corrected chi connectivity index (χ1v) is 10.9. The molecule has 0 aliphatic carbocycles. The fourth-order valence-electron chi connectivity index (χ4n) is 3.80. The second-order valence-corrected chi connectivity index (χ2v) is 8.93. The number of aliphatic hydroxyl groups is 4. The molecule has 29 heavy (non-hydrogen) atoms. The molecule has 2 heterocycles. The summed E-state index contributed by atoms with van der Waals surface area (Å²) < 4.78 is 5.67. The molecule has 156 valence electrons. The van der Waals surface area contributed by atoms with Crippen LogP contribution in [0.1, 0.15) is 22.8 Å². The number of benzene rings is 2. The van der Waals surface area contributed by atoms with E-state index in [1.165, 1.54) is 4.90 Å². The Morgan fingerprint density at radius 3 is 2.69 bits per heavy atom. The van der Waals surface area contributed by atoms with Gasteiger partial charge in [-0.1, -0.05) is 29.8 Å². The molecule has 6 nitrogen and oxygen atoms in total. The minimum Gasteiger partial charge on any atom is -0.394 e. The number of nitrogens with one attached hydrogen (secondary N) is 1. The molecule has 8 heteroatoms. The van der Waals surface area contributed by atoms with Crippen molar-refractivity contribution in [3.05, 3.63) is 58.1 Å². The number of aliphatic hydroxyl groups excluding tert-OH is 4. The maximum atomic E-state index is 10.4.